The molecule has 2 rings (SSSR count). The molecule has 8 heteroatoms. The lowest BCUT2D eigenvalue weighted by atomic mass is 10.2. The van der Waals surface area contributed by atoms with Crippen molar-refractivity contribution in [2.24, 2.45) is 0 Å². The lowest BCUT2D eigenvalue weighted by Crippen LogP contribution is -2.34. The molecule has 26 heavy (non-hydrogen) atoms. The van der Waals surface area contributed by atoms with Gasteiger partial charge in [0, 0.05) is 0 Å². The average molecular weight is 378 g/mol. The fourth-order valence-electron chi connectivity index (χ4n) is 1.93. The van der Waals surface area contributed by atoms with Gasteiger partial charge < -0.3 is 10.1 Å². The number of carbonyl (C=O) groups excluding carboxylic acids is 2. The number of benzene rings is 2. The Morgan fingerprint density at radius 1 is 0.962 bits per heavy atom. The molecule has 0 aliphatic rings. The van der Waals surface area contributed by atoms with E-state index in [2.05, 4.69) is 10.1 Å². The second kappa shape index (κ2) is 9.57. The Bertz CT molecular complexity index is 861. The molecule has 140 valence electrons. The number of anilines is 1. The molecule has 2 aromatic carbocycles. The van der Waals surface area contributed by atoms with Gasteiger partial charge in [-0.15, -0.1) is 0 Å². The van der Waals surface area contributed by atoms with E-state index in [0.717, 1.165) is 5.56 Å². The van der Waals surface area contributed by atoms with E-state index < -0.39 is 22.0 Å². The van der Waals surface area contributed by atoms with Crippen molar-refractivity contribution in [3.8, 4) is 0 Å². The maximum atomic E-state index is 12.2. The van der Waals surface area contributed by atoms with E-state index in [0.29, 0.717) is 0 Å². The Labute approximate surface area is 153 Å². The molecule has 0 aliphatic carbocycles. The number of carbonyl (C=O) groups is 2. The van der Waals surface area contributed by atoms with Gasteiger partial charge in [-0.25, -0.2) is 22.7 Å². The normalized spacial score (nSPS) is 10.2. The molecule has 0 unspecified atom stereocenters. The molecule has 0 bridgehead atoms. The highest BCUT2D eigenvalue weighted by molar-refractivity contribution is 7.90. The first-order valence-corrected chi connectivity index (χ1v) is 9.39. The van der Waals surface area contributed by atoms with Crippen LogP contribution in [0.2, 0.25) is 0 Å². The number of amides is 2. The summed E-state index contributed by atoms with van der Waals surface area (Å²) >= 11 is 0. The van der Waals surface area contributed by atoms with Crippen LogP contribution in [-0.2, 0) is 14.8 Å². The molecule has 0 aliphatic heterocycles. The predicted molar refractivity (Wildman–Crippen MR) is 99.6 cm³/mol. The van der Waals surface area contributed by atoms with Crippen molar-refractivity contribution in [1.29, 1.82) is 0 Å². The summed E-state index contributed by atoms with van der Waals surface area (Å²) in [5.74, 6) is -0.646. The predicted octanol–water partition coefficient (Wildman–Crippen LogP) is 3.32. The zero-order valence-corrected chi connectivity index (χ0v) is 15.9. The topological polar surface area (TPSA) is 102 Å². The van der Waals surface area contributed by atoms with Crippen LogP contribution in [-0.4, -0.2) is 27.5 Å². The lowest BCUT2D eigenvalue weighted by Gasteiger charge is -2.11. The van der Waals surface area contributed by atoms with E-state index in [4.69, 9.17) is 0 Å². The summed E-state index contributed by atoms with van der Waals surface area (Å²) in [7, 11) is -2.80. The molecular weight excluding hydrogens is 356 g/mol. The Morgan fingerprint density at radius 2 is 1.54 bits per heavy atom. The number of methoxy groups -OCH3 is 1. The molecule has 0 radical (unpaired) electrons. The van der Waals surface area contributed by atoms with Crippen LogP contribution in [0.15, 0.2) is 53.4 Å². The molecule has 2 amide bonds. The maximum absolute atomic E-state index is 12.2. The Balaban J connectivity index is 0.00000163. The molecular formula is C18H22N2O5S. The number of sulfonamides is 1. The van der Waals surface area contributed by atoms with Crippen LogP contribution < -0.4 is 10.0 Å². The Hall–Kier alpha value is -2.87. The van der Waals surface area contributed by atoms with E-state index in [9.17, 15) is 18.0 Å². The molecule has 7 nitrogen and oxygen atoms in total. The zero-order valence-electron chi connectivity index (χ0n) is 15.1. The molecule has 0 fully saturated rings. The highest BCUT2D eigenvalue weighted by atomic mass is 32.2. The summed E-state index contributed by atoms with van der Waals surface area (Å²) in [6.07, 6.45) is 0. The number of esters is 1. The average Bonchev–Trinajstić information content (AvgIpc) is 2.63. The summed E-state index contributed by atoms with van der Waals surface area (Å²) in [6.45, 7) is 5.82. The molecule has 2 N–H and O–H groups in total. The van der Waals surface area contributed by atoms with Crippen molar-refractivity contribution in [2.75, 3.05) is 12.4 Å². The van der Waals surface area contributed by atoms with Crippen LogP contribution in [0.25, 0.3) is 0 Å². The first-order chi connectivity index (χ1) is 12.3. The minimum Gasteiger partial charge on any atom is -0.465 e. The molecule has 2 aromatic rings. The van der Waals surface area contributed by atoms with Crippen molar-refractivity contribution >= 4 is 27.7 Å². The number of para-hydroxylation sites is 1. The van der Waals surface area contributed by atoms with E-state index in [1.54, 1.807) is 24.3 Å². The SMILES string of the molecule is CC.COC(=O)c1ccccc1NC(=O)NS(=O)(=O)c1ccc(C)cc1. The Morgan fingerprint density at radius 3 is 2.12 bits per heavy atom. The lowest BCUT2D eigenvalue weighted by molar-refractivity contribution is 0.0602. The number of urea groups is 1. The molecule has 0 saturated carbocycles. The standard InChI is InChI=1S/C16H16N2O5S.C2H6/c1-11-7-9-12(10-8-11)24(21,22)18-16(20)17-14-6-4-3-5-13(14)15(19)23-2;1-2/h3-10H,1-2H3,(H2,17,18,20);1-2H3. The second-order valence-corrected chi connectivity index (χ2v) is 6.59. The molecule has 0 saturated heterocycles. The number of ether oxygens (including phenoxy) is 1. The Kier molecular flexibility index (Phi) is 7.79. The van der Waals surface area contributed by atoms with E-state index in [1.807, 2.05) is 25.5 Å². The van der Waals surface area contributed by atoms with Crippen LogP contribution in [0.5, 0.6) is 0 Å². The molecule has 0 heterocycles. The largest absolute Gasteiger partial charge is 0.465 e. The number of hydrogen-bond donors (Lipinski definition) is 2. The number of aryl methyl sites for hydroxylation is 1. The van der Waals surface area contributed by atoms with Crippen molar-refractivity contribution in [1.82, 2.24) is 4.72 Å². The molecule has 0 aromatic heterocycles. The summed E-state index contributed by atoms with van der Waals surface area (Å²) in [4.78, 5) is 23.6. The third kappa shape index (κ3) is 5.59. The van der Waals surface area contributed by atoms with Crippen molar-refractivity contribution in [3.63, 3.8) is 0 Å². The van der Waals surface area contributed by atoms with Gasteiger partial charge in [-0.2, -0.15) is 0 Å². The summed E-state index contributed by atoms with van der Waals surface area (Å²) in [6, 6.07) is 11.2. The van der Waals surface area contributed by atoms with Crippen LogP contribution in [0.4, 0.5) is 10.5 Å². The van der Waals surface area contributed by atoms with Crippen LogP contribution in [0, 0.1) is 6.92 Å². The minimum atomic E-state index is -4.01. The van der Waals surface area contributed by atoms with Crippen LogP contribution >= 0.6 is 0 Å². The highest BCUT2D eigenvalue weighted by Crippen LogP contribution is 2.16. The fourth-order valence-corrected chi connectivity index (χ4v) is 2.83. The first-order valence-electron chi connectivity index (χ1n) is 7.91. The fraction of sp³-hybridized carbons (Fsp3) is 0.222. The van der Waals surface area contributed by atoms with E-state index in [-0.39, 0.29) is 16.1 Å². The zero-order chi connectivity index (χ0) is 19.7. The van der Waals surface area contributed by atoms with Crippen molar-refractivity contribution in [2.45, 2.75) is 25.7 Å². The summed E-state index contributed by atoms with van der Waals surface area (Å²) in [5.41, 5.74) is 1.15. The van der Waals surface area contributed by atoms with Gasteiger partial charge in [0.05, 0.1) is 23.3 Å². The molecule has 0 spiro atoms. The maximum Gasteiger partial charge on any atom is 0.339 e. The van der Waals surface area contributed by atoms with Gasteiger partial charge in [0.1, 0.15) is 0 Å². The third-order valence-electron chi connectivity index (χ3n) is 3.14. The number of rotatable bonds is 4. The number of hydrogen-bond acceptors (Lipinski definition) is 5. The van der Waals surface area contributed by atoms with Gasteiger partial charge in [0.2, 0.25) is 0 Å². The third-order valence-corrected chi connectivity index (χ3v) is 4.49. The van der Waals surface area contributed by atoms with Gasteiger partial charge in [0.15, 0.2) is 0 Å². The first kappa shape index (κ1) is 21.2. The second-order valence-electron chi connectivity index (χ2n) is 4.91. The monoisotopic (exact) mass is 378 g/mol. The van der Waals surface area contributed by atoms with E-state index in [1.165, 1.54) is 31.4 Å². The highest BCUT2D eigenvalue weighted by Gasteiger charge is 2.19. The van der Waals surface area contributed by atoms with Gasteiger partial charge >= 0.3 is 12.0 Å². The summed E-state index contributed by atoms with van der Waals surface area (Å²) < 4.78 is 30.8. The van der Waals surface area contributed by atoms with Crippen LogP contribution in [0.3, 0.4) is 0 Å². The summed E-state index contributed by atoms with van der Waals surface area (Å²) in [5, 5.41) is 2.33. The number of nitrogens with one attached hydrogen (secondary N) is 2. The van der Waals surface area contributed by atoms with Crippen molar-refractivity contribution in [3.05, 3.63) is 59.7 Å². The quantitative estimate of drug-likeness (QED) is 0.795. The molecule has 0 atom stereocenters. The van der Waals surface area contributed by atoms with Gasteiger partial charge in [-0.3, -0.25) is 0 Å². The van der Waals surface area contributed by atoms with Gasteiger partial charge in [-0.1, -0.05) is 43.7 Å². The minimum absolute atomic E-state index is 0.0375. The van der Waals surface area contributed by atoms with Gasteiger partial charge in [-0.05, 0) is 31.2 Å². The van der Waals surface area contributed by atoms with E-state index >= 15 is 0 Å². The van der Waals surface area contributed by atoms with Crippen molar-refractivity contribution < 1.29 is 22.7 Å². The van der Waals surface area contributed by atoms with Gasteiger partial charge in [0.25, 0.3) is 10.0 Å². The smallest absolute Gasteiger partial charge is 0.339 e. The van der Waals surface area contributed by atoms with Crippen LogP contribution in [0.1, 0.15) is 29.8 Å².